The highest BCUT2D eigenvalue weighted by Crippen LogP contribution is 2.18. The summed E-state index contributed by atoms with van der Waals surface area (Å²) in [6.45, 7) is 5.57. The van der Waals surface area contributed by atoms with Crippen LogP contribution in [-0.4, -0.2) is 45.0 Å². The van der Waals surface area contributed by atoms with E-state index in [1.165, 1.54) is 0 Å². The molecule has 156 valence electrons. The van der Waals surface area contributed by atoms with Crippen LogP contribution in [0.25, 0.3) is 0 Å². The zero-order valence-corrected chi connectivity index (χ0v) is 17.7. The second-order valence-electron chi connectivity index (χ2n) is 7.34. The summed E-state index contributed by atoms with van der Waals surface area (Å²) in [7, 11) is -3.54. The van der Waals surface area contributed by atoms with Crippen LogP contribution in [0.2, 0.25) is 0 Å². The molecule has 1 amide bonds. The summed E-state index contributed by atoms with van der Waals surface area (Å²) >= 11 is 0. The normalized spacial score (nSPS) is 15.3. The molecule has 29 heavy (non-hydrogen) atoms. The molecule has 1 aliphatic heterocycles. The van der Waals surface area contributed by atoms with Gasteiger partial charge in [-0.1, -0.05) is 29.8 Å². The number of nitrogens with zero attached hydrogens (tertiary/aromatic N) is 1. The van der Waals surface area contributed by atoms with Gasteiger partial charge in [0, 0.05) is 19.1 Å². The summed E-state index contributed by atoms with van der Waals surface area (Å²) in [6.07, 6.45) is 1.56. The third kappa shape index (κ3) is 5.81. The molecule has 0 aromatic heterocycles. The number of rotatable bonds is 7. The van der Waals surface area contributed by atoms with E-state index in [1.54, 1.807) is 24.3 Å². The Morgan fingerprint density at radius 1 is 1.07 bits per heavy atom. The Hall–Kier alpha value is -2.38. The van der Waals surface area contributed by atoms with E-state index < -0.39 is 10.0 Å². The number of carbonyl (C=O) groups excluding carboxylic acids is 1. The highest BCUT2D eigenvalue weighted by atomic mass is 32.2. The molecule has 0 radical (unpaired) electrons. The molecule has 0 spiro atoms. The van der Waals surface area contributed by atoms with Crippen molar-refractivity contribution < 1.29 is 17.9 Å². The first-order chi connectivity index (χ1) is 13.9. The predicted molar refractivity (Wildman–Crippen MR) is 112 cm³/mol. The predicted octanol–water partition coefficient (Wildman–Crippen LogP) is 2.91. The van der Waals surface area contributed by atoms with Gasteiger partial charge >= 0.3 is 0 Å². The molecule has 0 saturated carbocycles. The summed E-state index contributed by atoms with van der Waals surface area (Å²) in [4.78, 5) is 14.7. The van der Waals surface area contributed by atoms with Crippen LogP contribution < -0.4 is 9.46 Å². The highest BCUT2D eigenvalue weighted by Gasteiger charge is 2.26. The molecule has 2 aromatic rings. The minimum Gasteiger partial charge on any atom is -0.494 e. The van der Waals surface area contributed by atoms with Gasteiger partial charge in [-0.25, -0.2) is 13.1 Å². The second-order valence-corrected chi connectivity index (χ2v) is 9.06. The molecular weight excluding hydrogens is 388 g/mol. The fraction of sp³-hybridized carbons (Fsp3) is 0.409. The third-order valence-electron chi connectivity index (χ3n) is 5.09. The SMILES string of the molecule is CCOc1ccc(CC(=O)N2CCC(NS(=O)(=O)c3ccc(C)cc3)CC2)cc1. The number of aryl methyl sites for hydroxylation is 1. The van der Waals surface area contributed by atoms with Gasteiger partial charge in [0.25, 0.3) is 0 Å². The molecule has 2 aromatic carbocycles. The third-order valence-corrected chi connectivity index (χ3v) is 6.63. The smallest absolute Gasteiger partial charge is 0.240 e. The Morgan fingerprint density at radius 2 is 1.69 bits per heavy atom. The van der Waals surface area contributed by atoms with Gasteiger partial charge in [0.15, 0.2) is 0 Å². The Labute approximate surface area is 172 Å². The Morgan fingerprint density at radius 3 is 2.28 bits per heavy atom. The lowest BCUT2D eigenvalue weighted by Gasteiger charge is -2.32. The van der Waals surface area contributed by atoms with E-state index in [1.807, 2.05) is 43.0 Å². The van der Waals surface area contributed by atoms with E-state index in [0.717, 1.165) is 16.9 Å². The number of carbonyl (C=O) groups is 1. The molecule has 1 heterocycles. The number of piperidine rings is 1. The Bertz CT molecular complexity index is 916. The van der Waals surface area contributed by atoms with E-state index in [9.17, 15) is 13.2 Å². The summed E-state index contributed by atoms with van der Waals surface area (Å²) in [5.41, 5.74) is 1.96. The molecule has 1 saturated heterocycles. The van der Waals surface area contributed by atoms with Crippen LogP contribution in [-0.2, 0) is 21.2 Å². The van der Waals surface area contributed by atoms with Gasteiger partial charge in [-0.3, -0.25) is 4.79 Å². The molecular formula is C22H28N2O4S. The van der Waals surface area contributed by atoms with Crippen molar-refractivity contribution in [3.63, 3.8) is 0 Å². The van der Waals surface area contributed by atoms with Crippen LogP contribution >= 0.6 is 0 Å². The fourth-order valence-electron chi connectivity index (χ4n) is 3.41. The van der Waals surface area contributed by atoms with Crippen molar-refractivity contribution in [2.45, 2.75) is 44.0 Å². The van der Waals surface area contributed by atoms with Crippen LogP contribution in [0.15, 0.2) is 53.4 Å². The standard InChI is InChI=1S/C22H28N2O4S/c1-3-28-20-8-6-18(7-9-20)16-22(25)24-14-12-19(13-15-24)23-29(26,27)21-10-4-17(2)5-11-21/h4-11,19,23H,3,12-16H2,1-2H3. The average Bonchev–Trinajstić information content (AvgIpc) is 2.70. The fourth-order valence-corrected chi connectivity index (χ4v) is 4.71. The maximum Gasteiger partial charge on any atom is 0.240 e. The molecule has 1 fully saturated rings. The zero-order chi connectivity index (χ0) is 20.9. The molecule has 1 aliphatic rings. The molecule has 0 bridgehead atoms. The number of benzene rings is 2. The second kappa shape index (κ2) is 9.41. The van der Waals surface area contributed by atoms with E-state index >= 15 is 0 Å². The summed E-state index contributed by atoms with van der Waals surface area (Å²) in [5, 5.41) is 0. The maximum absolute atomic E-state index is 12.6. The number of amides is 1. The molecule has 6 nitrogen and oxygen atoms in total. The van der Waals surface area contributed by atoms with Gasteiger partial charge in [0.1, 0.15) is 5.75 Å². The molecule has 3 rings (SSSR count). The number of ether oxygens (including phenoxy) is 1. The minimum atomic E-state index is -3.54. The van der Waals surface area contributed by atoms with Crippen molar-refractivity contribution in [3.8, 4) is 5.75 Å². The molecule has 0 aliphatic carbocycles. The number of nitrogens with one attached hydrogen (secondary N) is 1. The van der Waals surface area contributed by atoms with Gasteiger partial charge in [-0.2, -0.15) is 0 Å². The summed E-state index contributed by atoms with van der Waals surface area (Å²) < 4.78 is 33.3. The topological polar surface area (TPSA) is 75.7 Å². The van der Waals surface area contributed by atoms with Crippen molar-refractivity contribution in [2.75, 3.05) is 19.7 Å². The first-order valence-corrected chi connectivity index (χ1v) is 11.4. The number of hydrogen-bond donors (Lipinski definition) is 1. The van der Waals surface area contributed by atoms with E-state index in [-0.39, 0.29) is 16.8 Å². The Balaban J connectivity index is 1.50. The van der Waals surface area contributed by atoms with Crippen LogP contribution in [0.4, 0.5) is 0 Å². The van der Waals surface area contributed by atoms with Gasteiger partial charge in [-0.05, 0) is 56.5 Å². The van der Waals surface area contributed by atoms with Gasteiger partial charge in [0.05, 0.1) is 17.9 Å². The first kappa shape index (κ1) is 21.3. The summed E-state index contributed by atoms with van der Waals surface area (Å²) in [5.74, 6) is 0.861. The monoisotopic (exact) mass is 416 g/mol. The lowest BCUT2D eigenvalue weighted by Crippen LogP contribution is -2.46. The van der Waals surface area contributed by atoms with Gasteiger partial charge in [0.2, 0.25) is 15.9 Å². The minimum absolute atomic E-state index is 0.0639. The molecule has 7 heteroatoms. The van der Waals surface area contributed by atoms with Gasteiger partial charge in [-0.15, -0.1) is 0 Å². The maximum atomic E-state index is 12.6. The number of likely N-dealkylation sites (tertiary alicyclic amines) is 1. The number of sulfonamides is 1. The van der Waals surface area contributed by atoms with Crippen molar-refractivity contribution in [3.05, 3.63) is 59.7 Å². The first-order valence-electron chi connectivity index (χ1n) is 9.96. The van der Waals surface area contributed by atoms with Crippen LogP contribution in [0.3, 0.4) is 0 Å². The van der Waals surface area contributed by atoms with E-state index in [0.29, 0.717) is 39.0 Å². The van der Waals surface area contributed by atoms with Gasteiger partial charge < -0.3 is 9.64 Å². The van der Waals surface area contributed by atoms with Crippen molar-refractivity contribution in [1.29, 1.82) is 0 Å². The van der Waals surface area contributed by atoms with Crippen LogP contribution in [0.5, 0.6) is 5.75 Å². The molecule has 1 N–H and O–H groups in total. The van der Waals surface area contributed by atoms with Crippen LogP contribution in [0, 0.1) is 6.92 Å². The molecule has 0 atom stereocenters. The van der Waals surface area contributed by atoms with Crippen molar-refractivity contribution >= 4 is 15.9 Å². The highest BCUT2D eigenvalue weighted by molar-refractivity contribution is 7.89. The summed E-state index contributed by atoms with van der Waals surface area (Å²) in [6, 6.07) is 14.2. The van der Waals surface area contributed by atoms with Crippen molar-refractivity contribution in [1.82, 2.24) is 9.62 Å². The lowest BCUT2D eigenvalue weighted by molar-refractivity contribution is -0.131. The quantitative estimate of drug-likeness (QED) is 0.753. The molecule has 0 unspecified atom stereocenters. The Kier molecular flexibility index (Phi) is 6.92. The lowest BCUT2D eigenvalue weighted by atomic mass is 10.0. The van der Waals surface area contributed by atoms with Crippen molar-refractivity contribution in [2.24, 2.45) is 0 Å². The zero-order valence-electron chi connectivity index (χ0n) is 16.9. The van der Waals surface area contributed by atoms with E-state index in [2.05, 4.69) is 4.72 Å². The average molecular weight is 417 g/mol. The number of hydrogen-bond acceptors (Lipinski definition) is 4. The largest absolute Gasteiger partial charge is 0.494 e. The van der Waals surface area contributed by atoms with E-state index in [4.69, 9.17) is 4.74 Å². The van der Waals surface area contributed by atoms with Crippen LogP contribution in [0.1, 0.15) is 30.9 Å².